The molecule has 1 fully saturated rings. The predicted octanol–water partition coefficient (Wildman–Crippen LogP) is 4.48. The first-order chi connectivity index (χ1) is 16.2. The molecule has 1 saturated heterocycles. The average Bonchev–Trinajstić information content (AvgIpc) is 3.33. The van der Waals surface area contributed by atoms with Gasteiger partial charge in [-0.25, -0.2) is 0 Å². The maximum atomic E-state index is 6.09. The topological polar surface area (TPSA) is 34.2 Å². The number of ether oxygens (including phenoxy) is 3. The molecule has 1 aliphatic carbocycles. The Kier molecular flexibility index (Phi) is 7.07. The SMILES string of the molecule is COc1cc2c(cc1OC)CN([C@@H]1CCCN(CCCOc3ccc4c(c3)CCC4)C1)CC2. The minimum atomic E-state index is 0.637. The Morgan fingerprint density at radius 1 is 0.848 bits per heavy atom. The molecule has 1 atom stereocenters. The van der Waals surface area contributed by atoms with Gasteiger partial charge in [0.05, 0.1) is 20.8 Å². The number of methoxy groups -OCH3 is 2. The van der Waals surface area contributed by atoms with Crippen LogP contribution in [0.1, 0.15) is 47.9 Å². The number of rotatable bonds is 8. The molecule has 0 N–H and O–H groups in total. The zero-order valence-electron chi connectivity index (χ0n) is 20.3. The van der Waals surface area contributed by atoms with Gasteiger partial charge in [-0.2, -0.15) is 0 Å². The highest BCUT2D eigenvalue weighted by molar-refractivity contribution is 5.48. The van der Waals surface area contributed by atoms with Gasteiger partial charge < -0.3 is 19.1 Å². The number of hydrogen-bond donors (Lipinski definition) is 0. The van der Waals surface area contributed by atoms with Crippen molar-refractivity contribution in [2.75, 3.05) is 47.0 Å². The number of fused-ring (bicyclic) bond motifs is 2. The fourth-order valence-corrected chi connectivity index (χ4v) is 5.87. The highest BCUT2D eigenvalue weighted by Gasteiger charge is 2.28. The molecule has 0 aromatic heterocycles. The van der Waals surface area contributed by atoms with Crippen LogP contribution in [0.3, 0.4) is 0 Å². The maximum absolute atomic E-state index is 6.09. The summed E-state index contributed by atoms with van der Waals surface area (Å²) >= 11 is 0. The van der Waals surface area contributed by atoms with Crippen LogP contribution in [0.4, 0.5) is 0 Å². The second-order valence-electron chi connectivity index (χ2n) is 9.78. The van der Waals surface area contributed by atoms with Crippen LogP contribution in [0.15, 0.2) is 30.3 Å². The maximum Gasteiger partial charge on any atom is 0.161 e. The van der Waals surface area contributed by atoms with Crippen molar-refractivity contribution >= 4 is 0 Å². The third-order valence-electron chi connectivity index (χ3n) is 7.70. The van der Waals surface area contributed by atoms with Crippen molar-refractivity contribution in [3.8, 4) is 17.2 Å². The molecule has 3 aliphatic rings. The summed E-state index contributed by atoms with van der Waals surface area (Å²) in [5.41, 5.74) is 5.80. The van der Waals surface area contributed by atoms with E-state index in [2.05, 4.69) is 40.1 Å². The molecule has 0 saturated carbocycles. The van der Waals surface area contributed by atoms with Gasteiger partial charge in [0.15, 0.2) is 11.5 Å². The van der Waals surface area contributed by atoms with E-state index in [1.54, 1.807) is 14.2 Å². The van der Waals surface area contributed by atoms with Gasteiger partial charge in [0.1, 0.15) is 5.75 Å². The van der Waals surface area contributed by atoms with Crippen molar-refractivity contribution in [1.82, 2.24) is 9.80 Å². The van der Waals surface area contributed by atoms with E-state index in [1.165, 1.54) is 67.4 Å². The van der Waals surface area contributed by atoms with Gasteiger partial charge in [0, 0.05) is 32.2 Å². The zero-order valence-corrected chi connectivity index (χ0v) is 20.3. The smallest absolute Gasteiger partial charge is 0.161 e. The van der Waals surface area contributed by atoms with Gasteiger partial charge in [-0.1, -0.05) is 6.07 Å². The molecule has 0 unspecified atom stereocenters. The Balaban J connectivity index is 1.11. The number of piperidine rings is 1. The van der Waals surface area contributed by atoms with E-state index in [0.29, 0.717) is 6.04 Å². The minimum absolute atomic E-state index is 0.637. The van der Waals surface area contributed by atoms with E-state index in [-0.39, 0.29) is 0 Å². The first kappa shape index (κ1) is 22.5. The van der Waals surface area contributed by atoms with Crippen LogP contribution in [-0.4, -0.2) is 62.8 Å². The predicted molar refractivity (Wildman–Crippen MR) is 132 cm³/mol. The van der Waals surface area contributed by atoms with E-state index in [9.17, 15) is 0 Å². The van der Waals surface area contributed by atoms with E-state index in [1.807, 2.05) is 0 Å². The number of likely N-dealkylation sites (tertiary alicyclic amines) is 1. The lowest BCUT2D eigenvalue weighted by atomic mass is 9.95. The molecule has 0 bridgehead atoms. The van der Waals surface area contributed by atoms with Gasteiger partial charge >= 0.3 is 0 Å². The molecule has 2 heterocycles. The van der Waals surface area contributed by atoms with E-state index in [4.69, 9.17) is 14.2 Å². The van der Waals surface area contributed by atoms with Crippen LogP contribution in [0, 0.1) is 0 Å². The Morgan fingerprint density at radius 3 is 2.48 bits per heavy atom. The van der Waals surface area contributed by atoms with Gasteiger partial charge in [-0.15, -0.1) is 0 Å². The van der Waals surface area contributed by atoms with Crippen molar-refractivity contribution in [3.05, 3.63) is 52.6 Å². The third-order valence-corrected chi connectivity index (χ3v) is 7.70. The Morgan fingerprint density at radius 2 is 1.64 bits per heavy atom. The summed E-state index contributed by atoms with van der Waals surface area (Å²) < 4.78 is 17.1. The van der Waals surface area contributed by atoms with Crippen molar-refractivity contribution in [2.45, 2.75) is 57.5 Å². The molecule has 33 heavy (non-hydrogen) atoms. The summed E-state index contributed by atoms with van der Waals surface area (Å²) in [6.07, 6.45) is 8.49. The van der Waals surface area contributed by atoms with Crippen LogP contribution in [0.2, 0.25) is 0 Å². The first-order valence-electron chi connectivity index (χ1n) is 12.7. The standard InChI is InChI=1S/C28H38N2O3/c1-31-27-17-23-11-14-30(19-24(23)18-28(27)32-2)25-8-4-12-29(20-25)13-5-15-33-26-10-9-21-6-3-7-22(21)16-26/h9-10,16-18,25H,3-8,11-15,19-20H2,1-2H3/t25-/m1/s1. The summed E-state index contributed by atoms with van der Waals surface area (Å²) in [4.78, 5) is 5.33. The molecule has 0 spiro atoms. The lowest BCUT2D eigenvalue weighted by Crippen LogP contribution is -2.49. The summed E-state index contributed by atoms with van der Waals surface area (Å²) in [6, 6.07) is 11.7. The van der Waals surface area contributed by atoms with Crippen LogP contribution in [0.25, 0.3) is 0 Å². The molecule has 2 aliphatic heterocycles. The Bertz CT molecular complexity index is 960. The molecule has 5 nitrogen and oxygen atoms in total. The van der Waals surface area contributed by atoms with Gasteiger partial charge in [0.2, 0.25) is 0 Å². The van der Waals surface area contributed by atoms with Crippen molar-refractivity contribution in [3.63, 3.8) is 0 Å². The van der Waals surface area contributed by atoms with Gasteiger partial charge in [-0.3, -0.25) is 4.90 Å². The fraction of sp³-hybridized carbons (Fsp3) is 0.571. The molecule has 2 aromatic carbocycles. The van der Waals surface area contributed by atoms with Crippen LogP contribution in [0.5, 0.6) is 17.2 Å². The van der Waals surface area contributed by atoms with Crippen molar-refractivity contribution in [2.24, 2.45) is 0 Å². The Labute approximate surface area is 198 Å². The van der Waals surface area contributed by atoms with Gasteiger partial charge in [-0.05, 0) is 98.0 Å². The summed E-state index contributed by atoms with van der Waals surface area (Å²) in [5.74, 6) is 2.73. The van der Waals surface area contributed by atoms with Gasteiger partial charge in [0.25, 0.3) is 0 Å². The Hall–Kier alpha value is -2.24. The average molecular weight is 451 g/mol. The lowest BCUT2D eigenvalue weighted by Gasteiger charge is -2.41. The highest BCUT2D eigenvalue weighted by Crippen LogP contribution is 2.34. The zero-order chi connectivity index (χ0) is 22.6. The number of hydrogen-bond acceptors (Lipinski definition) is 5. The molecule has 2 aromatic rings. The minimum Gasteiger partial charge on any atom is -0.494 e. The first-order valence-corrected chi connectivity index (χ1v) is 12.7. The molecule has 0 amide bonds. The van der Waals surface area contributed by atoms with Crippen molar-refractivity contribution in [1.29, 1.82) is 0 Å². The lowest BCUT2D eigenvalue weighted by molar-refractivity contribution is 0.0844. The molecule has 0 radical (unpaired) electrons. The molecular formula is C28H38N2O3. The molecule has 5 heteroatoms. The monoisotopic (exact) mass is 450 g/mol. The second kappa shape index (κ2) is 10.4. The van der Waals surface area contributed by atoms with Crippen LogP contribution in [-0.2, 0) is 25.8 Å². The summed E-state index contributed by atoms with van der Waals surface area (Å²) in [6.45, 7) is 6.44. The highest BCUT2D eigenvalue weighted by atomic mass is 16.5. The van der Waals surface area contributed by atoms with Crippen molar-refractivity contribution < 1.29 is 14.2 Å². The normalized spacial score (nSPS) is 20.8. The van der Waals surface area contributed by atoms with Crippen LogP contribution >= 0.6 is 0 Å². The molecular weight excluding hydrogens is 412 g/mol. The third kappa shape index (κ3) is 5.15. The van der Waals surface area contributed by atoms with E-state index in [0.717, 1.165) is 56.3 Å². The van der Waals surface area contributed by atoms with E-state index < -0.39 is 0 Å². The van der Waals surface area contributed by atoms with E-state index >= 15 is 0 Å². The number of nitrogens with zero attached hydrogens (tertiary/aromatic N) is 2. The largest absolute Gasteiger partial charge is 0.494 e. The van der Waals surface area contributed by atoms with Crippen LogP contribution < -0.4 is 14.2 Å². The fourth-order valence-electron chi connectivity index (χ4n) is 5.87. The molecule has 178 valence electrons. The number of aryl methyl sites for hydroxylation is 2. The molecule has 5 rings (SSSR count). The quantitative estimate of drug-likeness (QED) is 0.554. The number of benzene rings is 2. The summed E-state index contributed by atoms with van der Waals surface area (Å²) in [7, 11) is 3.44. The summed E-state index contributed by atoms with van der Waals surface area (Å²) in [5, 5.41) is 0. The second-order valence-corrected chi connectivity index (χ2v) is 9.78.